The van der Waals surface area contributed by atoms with Gasteiger partial charge in [-0.15, -0.1) is 10.2 Å². The molecule has 1 fully saturated rings. The highest BCUT2D eigenvalue weighted by Crippen LogP contribution is 2.40. The monoisotopic (exact) mass is 236 g/mol. The summed E-state index contributed by atoms with van der Waals surface area (Å²) >= 11 is 0. The minimum absolute atomic E-state index is 0.506. The molecule has 3 heteroatoms. The lowest BCUT2D eigenvalue weighted by Gasteiger charge is -1.99. The highest BCUT2D eigenvalue weighted by atomic mass is 16.4. The maximum atomic E-state index is 5.72. The summed E-state index contributed by atoms with van der Waals surface area (Å²) in [6.07, 6.45) is 2.36. The molecule has 0 bridgehead atoms. The number of rotatable bonds is 2. The smallest absolute Gasteiger partial charge is 0.247 e. The summed E-state index contributed by atoms with van der Waals surface area (Å²) in [5, 5.41) is 10.7. The first kappa shape index (κ1) is 9.83. The summed E-state index contributed by atoms with van der Waals surface area (Å²) in [6, 6.07) is 14.5. The fraction of sp³-hybridized carbons (Fsp3) is 0.200. The molecule has 2 aromatic carbocycles. The molecular formula is C15H12N2O. The van der Waals surface area contributed by atoms with E-state index in [9.17, 15) is 0 Å². The summed E-state index contributed by atoms with van der Waals surface area (Å²) in [5.74, 6) is 1.92. The van der Waals surface area contributed by atoms with E-state index in [1.165, 1.54) is 23.6 Å². The molecule has 0 unspecified atom stereocenters. The zero-order valence-electron chi connectivity index (χ0n) is 9.84. The van der Waals surface area contributed by atoms with E-state index in [4.69, 9.17) is 4.42 Å². The van der Waals surface area contributed by atoms with Crippen LogP contribution in [0.15, 0.2) is 46.9 Å². The molecule has 4 rings (SSSR count). The Labute approximate surface area is 104 Å². The molecule has 0 N–H and O–H groups in total. The lowest BCUT2D eigenvalue weighted by molar-refractivity contribution is 0.508. The SMILES string of the molecule is c1ccc2cc(-c3nnc(C4CC4)o3)ccc2c1. The molecular weight excluding hydrogens is 224 g/mol. The van der Waals surface area contributed by atoms with Crippen LogP contribution >= 0.6 is 0 Å². The molecule has 0 amide bonds. The normalized spacial score (nSPS) is 15.1. The molecule has 18 heavy (non-hydrogen) atoms. The predicted molar refractivity (Wildman–Crippen MR) is 69.2 cm³/mol. The van der Waals surface area contributed by atoms with Crippen LogP contribution in [-0.2, 0) is 0 Å². The van der Waals surface area contributed by atoms with Crippen molar-refractivity contribution >= 4 is 10.8 Å². The Morgan fingerprint density at radius 1 is 0.944 bits per heavy atom. The predicted octanol–water partition coefficient (Wildman–Crippen LogP) is 3.77. The van der Waals surface area contributed by atoms with E-state index < -0.39 is 0 Å². The van der Waals surface area contributed by atoms with Gasteiger partial charge in [0.1, 0.15) is 0 Å². The maximum Gasteiger partial charge on any atom is 0.247 e. The summed E-state index contributed by atoms with van der Waals surface area (Å²) in [7, 11) is 0. The first-order valence-electron chi connectivity index (χ1n) is 6.23. The Morgan fingerprint density at radius 2 is 1.78 bits per heavy atom. The number of nitrogens with zero attached hydrogens (tertiary/aromatic N) is 2. The highest BCUT2D eigenvalue weighted by molar-refractivity contribution is 5.86. The highest BCUT2D eigenvalue weighted by Gasteiger charge is 2.29. The van der Waals surface area contributed by atoms with Gasteiger partial charge in [0.05, 0.1) is 0 Å². The molecule has 1 saturated carbocycles. The van der Waals surface area contributed by atoms with Gasteiger partial charge in [-0.25, -0.2) is 0 Å². The molecule has 88 valence electrons. The molecule has 3 aromatic rings. The number of benzene rings is 2. The third-order valence-electron chi connectivity index (χ3n) is 3.36. The minimum atomic E-state index is 0.506. The molecule has 0 aliphatic heterocycles. The number of hydrogen-bond acceptors (Lipinski definition) is 3. The third-order valence-corrected chi connectivity index (χ3v) is 3.36. The van der Waals surface area contributed by atoms with E-state index in [0.717, 1.165) is 11.5 Å². The Bertz CT molecular complexity index is 713. The minimum Gasteiger partial charge on any atom is -0.420 e. The van der Waals surface area contributed by atoms with Crippen molar-refractivity contribution in [3.05, 3.63) is 48.4 Å². The zero-order valence-corrected chi connectivity index (χ0v) is 9.84. The largest absolute Gasteiger partial charge is 0.420 e. The standard InChI is InChI=1S/C15H12N2O/c1-2-4-12-9-13(8-5-10(12)3-1)15-17-16-14(18-15)11-6-7-11/h1-5,8-9,11H,6-7H2. The van der Waals surface area contributed by atoms with Gasteiger partial charge in [0, 0.05) is 11.5 Å². The Balaban J connectivity index is 1.80. The summed E-state index contributed by atoms with van der Waals surface area (Å²) in [4.78, 5) is 0. The van der Waals surface area contributed by atoms with Crippen LogP contribution in [0, 0.1) is 0 Å². The van der Waals surface area contributed by atoms with Crippen LogP contribution in [0.4, 0.5) is 0 Å². The number of aromatic nitrogens is 2. The average Bonchev–Trinajstić information content (AvgIpc) is 3.16. The molecule has 0 spiro atoms. The van der Waals surface area contributed by atoms with E-state index in [1.807, 2.05) is 18.2 Å². The van der Waals surface area contributed by atoms with Crippen molar-refractivity contribution in [1.29, 1.82) is 0 Å². The van der Waals surface area contributed by atoms with Crippen LogP contribution in [0.25, 0.3) is 22.2 Å². The summed E-state index contributed by atoms with van der Waals surface area (Å²) < 4.78 is 5.72. The fourth-order valence-electron chi connectivity index (χ4n) is 2.17. The Morgan fingerprint density at radius 3 is 2.61 bits per heavy atom. The van der Waals surface area contributed by atoms with Crippen LogP contribution < -0.4 is 0 Å². The van der Waals surface area contributed by atoms with Crippen molar-refractivity contribution < 1.29 is 4.42 Å². The van der Waals surface area contributed by atoms with E-state index in [1.54, 1.807) is 0 Å². The maximum absolute atomic E-state index is 5.72. The Kier molecular flexibility index (Phi) is 2.00. The van der Waals surface area contributed by atoms with Gasteiger partial charge in [-0.05, 0) is 35.7 Å². The van der Waals surface area contributed by atoms with Gasteiger partial charge in [-0.1, -0.05) is 30.3 Å². The molecule has 0 radical (unpaired) electrons. The van der Waals surface area contributed by atoms with E-state index in [2.05, 4.69) is 34.5 Å². The van der Waals surface area contributed by atoms with Crippen molar-refractivity contribution in [1.82, 2.24) is 10.2 Å². The Hall–Kier alpha value is -2.16. The zero-order chi connectivity index (χ0) is 11.9. The van der Waals surface area contributed by atoms with Crippen molar-refractivity contribution in [2.75, 3.05) is 0 Å². The molecule has 0 atom stereocenters. The molecule has 1 aromatic heterocycles. The second-order valence-corrected chi connectivity index (χ2v) is 4.78. The fourth-order valence-corrected chi connectivity index (χ4v) is 2.17. The van der Waals surface area contributed by atoms with Gasteiger partial charge in [-0.3, -0.25) is 0 Å². The van der Waals surface area contributed by atoms with Crippen LogP contribution in [0.3, 0.4) is 0 Å². The third kappa shape index (κ3) is 1.59. The molecule has 1 aliphatic rings. The van der Waals surface area contributed by atoms with Gasteiger partial charge < -0.3 is 4.42 Å². The van der Waals surface area contributed by atoms with Crippen molar-refractivity contribution in [3.63, 3.8) is 0 Å². The average molecular weight is 236 g/mol. The van der Waals surface area contributed by atoms with Crippen LogP contribution in [-0.4, -0.2) is 10.2 Å². The molecule has 1 heterocycles. The lowest BCUT2D eigenvalue weighted by Crippen LogP contribution is -1.79. The first-order valence-corrected chi connectivity index (χ1v) is 6.23. The quantitative estimate of drug-likeness (QED) is 0.680. The molecule has 0 saturated heterocycles. The second kappa shape index (κ2) is 3.67. The number of hydrogen-bond donors (Lipinski definition) is 0. The lowest BCUT2D eigenvalue weighted by atomic mass is 10.1. The van der Waals surface area contributed by atoms with Crippen LogP contribution in [0.1, 0.15) is 24.7 Å². The van der Waals surface area contributed by atoms with Gasteiger partial charge in [0.25, 0.3) is 0 Å². The van der Waals surface area contributed by atoms with Crippen molar-refractivity contribution in [3.8, 4) is 11.5 Å². The van der Waals surface area contributed by atoms with Gasteiger partial charge in [-0.2, -0.15) is 0 Å². The molecule has 1 aliphatic carbocycles. The van der Waals surface area contributed by atoms with Gasteiger partial charge in [0.2, 0.25) is 11.8 Å². The number of fused-ring (bicyclic) bond motifs is 1. The molecule has 3 nitrogen and oxygen atoms in total. The topological polar surface area (TPSA) is 38.9 Å². The first-order chi connectivity index (χ1) is 8.90. The van der Waals surface area contributed by atoms with Crippen LogP contribution in [0.5, 0.6) is 0 Å². The van der Waals surface area contributed by atoms with E-state index in [-0.39, 0.29) is 0 Å². The van der Waals surface area contributed by atoms with Crippen molar-refractivity contribution in [2.45, 2.75) is 18.8 Å². The van der Waals surface area contributed by atoms with E-state index in [0.29, 0.717) is 11.8 Å². The van der Waals surface area contributed by atoms with Crippen LogP contribution in [0.2, 0.25) is 0 Å². The van der Waals surface area contributed by atoms with E-state index >= 15 is 0 Å². The second-order valence-electron chi connectivity index (χ2n) is 4.78. The van der Waals surface area contributed by atoms with Gasteiger partial charge >= 0.3 is 0 Å². The summed E-state index contributed by atoms with van der Waals surface area (Å²) in [5.41, 5.74) is 0.994. The van der Waals surface area contributed by atoms with Crippen molar-refractivity contribution in [2.24, 2.45) is 0 Å². The van der Waals surface area contributed by atoms with Gasteiger partial charge in [0.15, 0.2) is 0 Å². The summed E-state index contributed by atoms with van der Waals surface area (Å²) in [6.45, 7) is 0.